The van der Waals surface area contributed by atoms with Crippen molar-refractivity contribution < 1.29 is 12.8 Å². The predicted octanol–water partition coefficient (Wildman–Crippen LogP) is 2.95. The van der Waals surface area contributed by atoms with Crippen molar-refractivity contribution in [2.45, 2.75) is 19.5 Å². The Hall–Kier alpha value is -3.77. The maximum atomic E-state index is 14.0. The average Bonchev–Trinajstić information content (AvgIpc) is 3.25. The highest BCUT2D eigenvalue weighted by atomic mass is 32.2. The van der Waals surface area contributed by atoms with Gasteiger partial charge in [0.25, 0.3) is 0 Å². The number of hydrogen-bond donors (Lipinski definition) is 2. The molecule has 5 rings (SSSR count). The molecule has 4 aromatic rings. The summed E-state index contributed by atoms with van der Waals surface area (Å²) in [5.74, 6) is 0.0341. The quantitative estimate of drug-likeness (QED) is 0.380. The molecule has 37 heavy (non-hydrogen) atoms. The van der Waals surface area contributed by atoms with Gasteiger partial charge in [-0.2, -0.15) is 4.98 Å². The third-order valence-electron chi connectivity index (χ3n) is 6.41. The number of piperazine rings is 1. The monoisotopic (exact) mass is 524 g/mol. The van der Waals surface area contributed by atoms with E-state index in [-0.39, 0.29) is 12.4 Å². The van der Waals surface area contributed by atoms with Crippen LogP contribution in [-0.2, 0) is 16.6 Å². The number of nitrogens with one attached hydrogen (secondary N) is 2. The highest BCUT2D eigenvalue weighted by molar-refractivity contribution is 7.92. The van der Waals surface area contributed by atoms with Crippen molar-refractivity contribution in [2.75, 3.05) is 47.5 Å². The molecule has 2 N–H and O–H groups in total. The Labute approximate surface area is 215 Å². The molecule has 1 fully saturated rings. The molecule has 0 unspecified atom stereocenters. The second kappa shape index (κ2) is 9.94. The Bertz CT molecular complexity index is 1520. The van der Waals surface area contributed by atoms with Crippen LogP contribution in [0.2, 0.25) is 0 Å². The summed E-state index contributed by atoms with van der Waals surface area (Å²) in [5, 5.41) is 7.50. The maximum absolute atomic E-state index is 14.0. The molecule has 0 aliphatic carbocycles. The van der Waals surface area contributed by atoms with Crippen molar-refractivity contribution in [2.24, 2.45) is 0 Å². The van der Waals surface area contributed by atoms with Crippen molar-refractivity contribution >= 4 is 44.2 Å². The number of nitrogens with zero attached hydrogens (tertiary/aromatic N) is 6. The minimum absolute atomic E-state index is 0.164. The molecule has 1 atom stereocenters. The first-order valence-corrected chi connectivity index (χ1v) is 13.8. The Morgan fingerprint density at radius 2 is 1.97 bits per heavy atom. The number of hydrogen-bond acceptors (Lipinski definition) is 8. The molecule has 1 aliphatic rings. The smallest absolute Gasteiger partial charge is 0.233 e. The fourth-order valence-corrected chi connectivity index (χ4v) is 4.90. The Balaban J connectivity index is 1.38. The van der Waals surface area contributed by atoms with E-state index in [1.54, 1.807) is 6.20 Å². The number of halogens is 1. The van der Waals surface area contributed by atoms with Gasteiger partial charge in [0.1, 0.15) is 17.3 Å². The van der Waals surface area contributed by atoms with Crippen LogP contribution < -0.4 is 19.8 Å². The SMILES string of the molecule is C[C@@H]1CN(c2ccc(Nc3ncc4ccn(Cc5cc(F)cnc5N(C)S(C)(=O)=O)c4n3)cc2)CCN1. The van der Waals surface area contributed by atoms with Gasteiger partial charge in [0.2, 0.25) is 16.0 Å². The van der Waals surface area contributed by atoms with Gasteiger partial charge >= 0.3 is 0 Å². The molecule has 194 valence electrons. The van der Waals surface area contributed by atoms with Crippen LogP contribution in [0.1, 0.15) is 12.5 Å². The summed E-state index contributed by atoms with van der Waals surface area (Å²) in [7, 11) is -2.18. The van der Waals surface area contributed by atoms with Gasteiger partial charge in [0.05, 0.1) is 19.0 Å². The molecule has 1 saturated heterocycles. The standard InChI is InChI=1S/C25H29FN8O2S/c1-17-15-33(11-9-27-17)22-6-4-21(5-7-22)30-25-29-13-18-8-10-34(24(18)31-25)16-19-12-20(26)14-28-23(19)32(2)37(3,35)36/h4-8,10,12-14,17,27H,9,11,15-16H2,1-3H3,(H,29,30,31)/t17-/m1/s1. The zero-order valence-electron chi connectivity index (χ0n) is 20.9. The molecular weight excluding hydrogens is 495 g/mol. The van der Waals surface area contributed by atoms with Crippen LogP contribution in [0.15, 0.2) is 55.0 Å². The summed E-state index contributed by atoms with van der Waals surface area (Å²) >= 11 is 0. The summed E-state index contributed by atoms with van der Waals surface area (Å²) in [6.45, 7) is 5.26. The van der Waals surface area contributed by atoms with Crippen LogP contribution >= 0.6 is 0 Å². The zero-order chi connectivity index (χ0) is 26.2. The van der Waals surface area contributed by atoms with Gasteiger partial charge in [-0.05, 0) is 43.3 Å². The normalized spacial score (nSPS) is 16.2. The highest BCUT2D eigenvalue weighted by Gasteiger charge is 2.19. The van der Waals surface area contributed by atoms with Crippen LogP contribution in [0.3, 0.4) is 0 Å². The van der Waals surface area contributed by atoms with Crippen LogP contribution in [0.4, 0.5) is 27.5 Å². The van der Waals surface area contributed by atoms with Gasteiger partial charge in [-0.25, -0.2) is 22.8 Å². The molecule has 1 aromatic carbocycles. The van der Waals surface area contributed by atoms with E-state index >= 15 is 0 Å². The number of pyridine rings is 1. The molecule has 1 aliphatic heterocycles. The number of aromatic nitrogens is 4. The number of benzene rings is 1. The molecule has 0 spiro atoms. The van der Waals surface area contributed by atoms with E-state index in [1.165, 1.54) is 18.8 Å². The molecule has 0 radical (unpaired) electrons. The summed E-state index contributed by atoms with van der Waals surface area (Å²) in [6.07, 6.45) is 5.61. The van der Waals surface area contributed by atoms with Crippen molar-refractivity contribution in [3.05, 3.63) is 66.4 Å². The Morgan fingerprint density at radius 1 is 1.19 bits per heavy atom. The lowest BCUT2D eigenvalue weighted by atomic mass is 10.2. The molecule has 0 amide bonds. The van der Waals surface area contributed by atoms with Gasteiger partial charge in [-0.15, -0.1) is 0 Å². The molecular formula is C25H29FN8O2S. The van der Waals surface area contributed by atoms with Crippen molar-refractivity contribution in [1.82, 2.24) is 24.8 Å². The fraction of sp³-hybridized carbons (Fsp3) is 0.320. The lowest BCUT2D eigenvalue weighted by molar-refractivity contribution is 0.485. The zero-order valence-corrected chi connectivity index (χ0v) is 21.7. The minimum Gasteiger partial charge on any atom is -0.369 e. The lowest BCUT2D eigenvalue weighted by Crippen LogP contribution is -2.49. The van der Waals surface area contributed by atoms with Gasteiger partial charge < -0.3 is 20.1 Å². The first kappa shape index (κ1) is 24.9. The minimum atomic E-state index is -3.57. The second-order valence-electron chi connectivity index (χ2n) is 9.26. The Morgan fingerprint density at radius 3 is 2.70 bits per heavy atom. The summed E-state index contributed by atoms with van der Waals surface area (Å²) in [6, 6.07) is 11.8. The van der Waals surface area contributed by atoms with Crippen molar-refractivity contribution in [1.29, 1.82) is 0 Å². The fourth-order valence-electron chi connectivity index (χ4n) is 4.42. The highest BCUT2D eigenvalue weighted by Crippen LogP contribution is 2.25. The number of sulfonamides is 1. The first-order chi connectivity index (χ1) is 17.7. The largest absolute Gasteiger partial charge is 0.369 e. The number of fused-ring (bicyclic) bond motifs is 1. The first-order valence-electron chi connectivity index (χ1n) is 11.9. The van der Waals surface area contributed by atoms with Crippen LogP contribution in [-0.4, -0.2) is 66.9 Å². The molecule has 4 heterocycles. The van der Waals surface area contributed by atoms with Gasteiger partial charge in [0.15, 0.2) is 0 Å². The van der Waals surface area contributed by atoms with E-state index < -0.39 is 15.8 Å². The summed E-state index contributed by atoms with van der Waals surface area (Å²) < 4.78 is 41.1. The van der Waals surface area contributed by atoms with Gasteiger partial charge in [-0.1, -0.05) is 0 Å². The van der Waals surface area contributed by atoms with E-state index in [1.807, 2.05) is 29.0 Å². The van der Waals surface area contributed by atoms with Gasteiger partial charge in [-0.3, -0.25) is 4.31 Å². The summed E-state index contributed by atoms with van der Waals surface area (Å²) in [5.41, 5.74) is 3.07. The maximum Gasteiger partial charge on any atom is 0.233 e. The van der Waals surface area contributed by atoms with Gasteiger partial charge in [0, 0.05) is 67.4 Å². The Kier molecular flexibility index (Phi) is 6.69. The molecule has 12 heteroatoms. The third-order valence-corrected chi connectivity index (χ3v) is 7.57. The van der Waals surface area contributed by atoms with E-state index in [0.717, 1.165) is 47.5 Å². The molecule has 10 nitrogen and oxygen atoms in total. The van der Waals surface area contributed by atoms with E-state index in [0.29, 0.717) is 23.2 Å². The average molecular weight is 525 g/mol. The van der Waals surface area contributed by atoms with Crippen molar-refractivity contribution in [3.63, 3.8) is 0 Å². The van der Waals surface area contributed by atoms with Crippen LogP contribution in [0.5, 0.6) is 0 Å². The number of rotatable bonds is 7. The second-order valence-corrected chi connectivity index (χ2v) is 11.3. The van der Waals surface area contributed by atoms with Crippen molar-refractivity contribution in [3.8, 4) is 0 Å². The molecule has 0 bridgehead atoms. The lowest BCUT2D eigenvalue weighted by Gasteiger charge is -2.33. The van der Waals surface area contributed by atoms with Crippen LogP contribution in [0.25, 0.3) is 11.0 Å². The van der Waals surface area contributed by atoms with E-state index in [4.69, 9.17) is 0 Å². The topological polar surface area (TPSA) is 108 Å². The molecule has 3 aromatic heterocycles. The summed E-state index contributed by atoms with van der Waals surface area (Å²) in [4.78, 5) is 15.5. The third kappa shape index (κ3) is 5.49. The molecule has 0 saturated carbocycles. The van der Waals surface area contributed by atoms with E-state index in [2.05, 4.69) is 49.5 Å². The number of anilines is 4. The predicted molar refractivity (Wildman–Crippen MR) is 143 cm³/mol. The van der Waals surface area contributed by atoms with Crippen LogP contribution in [0, 0.1) is 5.82 Å². The van der Waals surface area contributed by atoms with E-state index in [9.17, 15) is 12.8 Å².